The summed E-state index contributed by atoms with van der Waals surface area (Å²) < 4.78 is 0. The van der Waals surface area contributed by atoms with Crippen LogP contribution in [0.5, 0.6) is 0 Å². The molecule has 0 atom stereocenters. The van der Waals surface area contributed by atoms with E-state index in [0.717, 1.165) is 71.7 Å². The smallest absolute Gasteiger partial charge is 0.251 e. The van der Waals surface area contributed by atoms with Crippen LogP contribution < -0.4 is 15.9 Å². The topological polar surface area (TPSA) is 93.7 Å². The van der Waals surface area contributed by atoms with Crippen molar-refractivity contribution in [2.24, 2.45) is 5.10 Å². The van der Waals surface area contributed by atoms with Gasteiger partial charge in [0.1, 0.15) is 5.70 Å². The lowest BCUT2D eigenvalue weighted by molar-refractivity contribution is 0.249. The van der Waals surface area contributed by atoms with Crippen LogP contribution in [-0.4, -0.2) is 53.2 Å². The first-order valence-electron chi connectivity index (χ1n) is 10.8. The third kappa shape index (κ3) is 3.82. The first-order chi connectivity index (χ1) is 15.6. The summed E-state index contributed by atoms with van der Waals surface area (Å²) in [7, 11) is 0. The molecule has 0 bridgehead atoms. The molecule has 0 radical (unpaired) electrons. The molecule has 0 amide bonds. The summed E-state index contributed by atoms with van der Waals surface area (Å²) in [5, 5.41) is 4.02. The van der Waals surface area contributed by atoms with E-state index in [-0.39, 0.29) is 5.56 Å². The van der Waals surface area contributed by atoms with Gasteiger partial charge in [0.2, 0.25) is 0 Å². The van der Waals surface area contributed by atoms with Gasteiger partial charge in [0, 0.05) is 61.3 Å². The minimum absolute atomic E-state index is 0.0332. The molecule has 0 unspecified atom stereocenters. The number of nitrogens with zero attached hydrogens (tertiary/aromatic N) is 4. The first-order valence-corrected chi connectivity index (χ1v) is 10.8. The SMILES string of the molecule is CCc1cc2ncc(CN3CCN(c4ccc5c(c4)C=NNC5=C=O)CC3)cc2[nH]c1=O. The molecule has 3 aromatic rings. The van der Waals surface area contributed by atoms with Crippen LogP contribution in [0.2, 0.25) is 0 Å². The maximum Gasteiger partial charge on any atom is 0.251 e. The van der Waals surface area contributed by atoms with E-state index < -0.39 is 0 Å². The molecular weight excluding hydrogens is 404 g/mol. The molecule has 8 nitrogen and oxygen atoms in total. The zero-order valence-electron chi connectivity index (χ0n) is 17.9. The lowest BCUT2D eigenvalue weighted by Gasteiger charge is -2.36. The second-order valence-corrected chi connectivity index (χ2v) is 8.14. The Hall–Kier alpha value is -3.74. The van der Waals surface area contributed by atoms with Crippen molar-refractivity contribution in [2.45, 2.75) is 19.9 Å². The molecule has 1 fully saturated rings. The van der Waals surface area contributed by atoms with E-state index in [4.69, 9.17) is 0 Å². The molecule has 0 spiro atoms. The monoisotopic (exact) mass is 428 g/mol. The lowest BCUT2D eigenvalue weighted by atomic mass is 10.0. The molecule has 2 aliphatic heterocycles. The lowest BCUT2D eigenvalue weighted by Crippen LogP contribution is -2.46. The second kappa shape index (κ2) is 8.42. The number of rotatable bonds is 4. The van der Waals surface area contributed by atoms with Gasteiger partial charge >= 0.3 is 0 Å². The van der Waals surface area contributed by atoms with E-state index in [9.17, 15) is 9.59 Å². The number of aromatic nitrogens is 2. The van der Waals surface area contributed by atoms with Crippen molar-refractivity contribution in [3.8, 4) is 0 Å². The molecule has 1 saturated heterocycles. The predicted octanol–water partition coefficient (Wildman–Crippen LogP) is 1.92. The Kier molecular flexibility index (Phi) is 5.31. The quantitative estimate of drug-likeness (QED) is 0.617. The van der Waals surface area contributed by atoms with Crippen LogP contribution in [-0.2, 0) is 17.8 Å². The summed E-state index contributed by atoms with van der Waals surface area (Å²) in [6.45, 7) is 6.43. The third-order valence-electron chi connectivity index (χ3n) is 6.14. The van der Waals surface area contributed by atoms with Crippen LogP contribution >= 0.6 is 0 Å². The number of H-pyrrole nitrogens is 1. The van der Waals surface area contributed by atoms with E-state index in [1.807, 2.05) is 43.3 Å². The van der Waals surface area contributed by atoms with E-state index in [2.05, 4.69) is 36.4 Å². The maximum absolute atomic E-state index is 12.1. The van der Waals surface area contributed by atoms with Crippen LogP contribution in [0.1, 0.15) is 29.2 Å². The van der Waals surface area contributed by atoms with Crippen molar-refractivity contribution < 1.29 is 4.79 Å². The van der Waals surface area contributed by atoms with Crippen LogP contribution in [0.25, 0.3) is 16.7 Å². The highest BCUT2D eigenvalue weighted by Gasteiger charge is 2.20. The molecule has 0 aliphatic carbocycles. The molecule has 32 heavy (non-hydrogen) atoms. The fourth-order valence-corrected chi connectivity index (χ4v) is 4.32. The predicted molar refractivity (Wildman–Crippen MR) is 126 cm³/mol. The molecule has 2 N–H and O–H groups in total. The molecule has 162 valence electrons. The first kappa shape index (κ1) is 20.2. The number of nitrogens with one attached hydrogen (secondary N) is 2. The minimum atomic E-state index is -0.0332. The summed E-state index contributed by atoms with van der Waals surface area (Å²) in [6, 6.07) is 9.97. The highest BCUT2D eigenvalue weighted by atomic mass is 16.1. The molecule has 4 heterocycles. The van der Waals surface area contributed by atoms with Gasteiger partial charge < -0.3 is 9.88 Å². The van der Waals surface area contributed by atoms with Gasteiger partial charge in [-0.3, -0.25) is 20.1 Å². The highest BCUT2D eigenvalue weighted by molar-refractivity contribution is 5.98. The number of benzene rings is 1. The summed E-state index contributed by atoms with van der Waals surface area (Å²) in [5.41, 5.74) is 9.37. The van der Waals surface area contributed by atoms with Gasteiger partial charge in [0.15, 0.2) is 5.94 Å². The number of carbonyl (C=O) groups excluding carboxylic acids is 1. The highest BCUT2D eigenvalue weighted by Crippen LogP contribution is 2.25. The number of aromatic amines is 1. The summed E-state index contributed by atoms with van der Waals surface area (Å²) in [4.78, 5) is 35.5. The number of fused-ring (bicyclic) bond motifs is 2. The molecule has 2 aliphatic rings. The molecule has 0 saturated carbocycles. The Labute approximate surface area is 185 Å². The Morgan fingerprint density at radius 3 is 2.75 bits per heavy atom. The van der Waals surface area contributed by atoms with Gasteiger partial charge in [-0.15, -0.1) is 0 Å². The Morgan fingerprint density at radius 1 is 1.12 bits per heavy atom. The van der Waals surface area contributed by atoms with Gasteiger partial charge in [-0.2, -0.15) is 5.10 Å². The van der Waals surface area contributed by atoms with Crippen LogP contribution in [0.15, 0.2) is 46.4 Å². The van der Waals surface area contributed by atoms with Crippen molar-refractivity contribution in [1.82, 2.24) is 20.3 Å². The Morgan fingerprint density at radius 2 is 1.97 bits per heavy atom. The fourth-order valence-electron chi connectivity index (χ4n) is 4.32. The van der Waals surface area contributed by atoms with E-state index in [0.29, 0.717) is 12.1 Å². The maximum atomic E-state index is 12.1. The summed E-state index contributed by atoms with van der Waals surface area (Å²) >= 11 is 0. The Bertz CT molecular complexity index is 1310. The van der Waals surface area contributed by atoms with E-state index in [1.54, 1.807) is 6.21 Å². The minimum Gasteiger partial charge on any atom is -0.369 e. The number of aryl methyl sites for hydroxylation is 1. The van der Waals surface area contributed by atoms with Gasteiger partial charge in [-0.1, -0.05) is 6.92 Å². The Balaban J connectivity index is 1.26. The summed E-state index contributed by atoms with van der Waals surface area (Å²) in [6.07, 6.45) is 4.33. The van der Waals surface area contributed by atoms with Crippen molar-refractivity contribution in [1.29, 1.82) is 0 Å². The molecule has 2 aromatic heterocycles. The van der Waals surface area contributed by atoms with Gasteiger partial charge in [0.05, 0.1) is 17.2 Å². The number of pyridine rings is 2. The van der Waals surface area contributed by atoms with Crippen molar-refractivity contribution in [3.63, 3.8) is 0 Å². The van der Waals surface area contributed by atoms with Crippen molar-refractivity contribution in [3.05, 3.63) is 69.1 Å². The van der Waals surface area contributed by atoms with Gasteiger partial charge in [-0.25, -0.2) is 4.79 Å². The zero-order valence-corrected chi connectivity index (χ0v) is 17.9. The van der Waals surface area contributed by atoms with Crippen LogP contribution in [0.4, 0.5) is 5.69 Å². The van der Waals surface area contributed by atoms with Crippen LogP contribution in [0.3, 0.4) is 0 Å². The number of piperazine rings is 1. The fraction of sp³-hybridized carbons (Fsp3) is 0.292. The largest absolute Gasteiger partial charge is 0.369 e. The van der Waals surface area contributed by atoms with Crippen LogP contribution in [0, 0.1) is 0 Å². The molecule has 5 rings (SSSR count). The van der Waals surface area contributed by atoms with E-state index >= 15 is 0 Å². The van der Waals surface area contributed by atoms with Crippen molar-refractivity contribution >= 4 is 34.6 Å². The average Bonchev–Trinajstić information content (AvgIpc) is 2.83. The number of anilines is 1. The van der Waals surface area contributed by atoms with Gasteiger partial charge in [-0.05, 0) is 42.3 Å². The molecular formula is C24H24N6O2. The zero-order chi connectivity index (χ0) is 22.1. The number of hydrogen-bond donors (Lipinski definition) is 2. The normalized spacial score (nSPS) is 16.0. The van der Waals surface area contributed by atoms with E-state index in [1.165, 1.54) is 0 Å². The molecule has 8 heteroatoms. The van der Waals surface area contributed by atoms with Crippen molar-refractivity contribution in [2.75, 3.05) is 31.1 Å². The summed E-state index contributed by atoms with van der Waals surface area (Å²) in [5.74, 6) is 1.90. The third-order valence-corrected chi connectivity index (χ3v) is 6.14. The second-order valence-electron chi connectivity index (χ2n) is 8.14. The standard InChI is InChI=1S/C24H24N6O2/c1-2-17-11-21-22(27-24(17)32)9-16(12-25-21)14-29-5-7-30(8-6-29)19-3-4-20-18(10-19)13-26-28-23(20)15-31/h3-4,9-13,28H,2,5-8,14H2,1H3,(H,27,32). The average molecular weight is 428 g/mol. The molecule has 1 aromatic carbocycles. The number of hydrogen-bond acceptors (Lipinski definition) is 7. The number of hydrazone groups is 1. The van der Waals surface area contributed by atoms with Gasteiger partial charge in [0.25, 0.3) is 5.56 Å².